The molecule has 0 radical (unpaired) electrons. The van der Waals surface area contributed by atoms with E-state index >= 15 is 0 Å². The van der Waals surface area contributed by atoms with E-state index in [1.165, 1.54) is 23.3 Å². The molecule has 2 aromatic heterocycles. The Labute approximate surface area is 171 Å². The number of aliphatic hydroxyl groups is 1. The second kappa shape index (κ2) is 7.89. The number of ketones is 1. The molecule has 1 unspecified atom stereocenters. The predicted octanol–water partition coefficient (Wildman–Crippen LogP) is 3.77. The molecule has 1 fully saturated rings. The van der Waals surface area contributed by atoms with Crippen molar-refractivity contribution in [3.8, 4) is 5.75 Å². The maximum Gasteiger partial charge on any atom is 0.296 e. The molecule has 6 nitrogen and oxygen atoms in total. The summed E-state index contributed by atoms with van der Waals surface area (Å²) in [5.74, 6) is -1.08. The fourth-order valence-electron chi connectivity index (χ4n) is 3.38. The van der Waals surface area contributed by atoms with Crippen molar-refractivity contribution >= 4 is 28.8 Å². The van der Waals surface area contributed by atoms with E-state index in [4.69, 9.17) is 4.74 Å². The smallest absolute Gasteiger partial charge is 0.296 e. The minimum Gasteiger partial charge on any atom is -0.507 e. The van der Waals surface area contributed by atoms with E-state index in [-0.39, 0.29) is 17.9 Å². The molecule has 1 saturated heterocycles. The third-order valence-electron chi connectivity index (χ3n) is 4.76. The molecule has 0 spiro atoms. The molecule has 29 heavy (non-hydrogen) atoms. The van der Waals surface area contributed by atoms with Crippen molar-refractivity contribution < 1.29 is 19.4 Å². The minimum atomic E-state index is -0.774. The Bertz CT molecular complexity index is 1080. The first-order chi connectivity index (χ1) is 14.1. The largest absolute Gasteiger partial charge is 0.507 e. The van der Waals surface area contributed by atoms with E-state index in [2.05, 4.69) is 4.98 Å². The average molecular weight is 406 g/mol. The first-order valence-electron chi connectivity index (χ1n) is 8.96. The number of aromatic nitrogens is 1. The Balaban J connectivity index is 1.86. The van der Waals surface area contributed by atoms with Gasteiger partial charge in [-0.1, -0.05) is 24.3 Å². The van der Waals surface area contributed by atoms with Crippen molar-refractivity contribution in [3.63, 3.8) is 0 Å². The number of hydrogen-bond donors (Lipinski definition) is 1. The van der Waals surface area contributed by atoms with Crippen LogP contribution in [0.3, 0.4) is 0 Å². The van der Waals surface area contributed by atoms with E-state index < -0.39 is 17.7 Å². The number of carbonyl (C=O) groups excluding carboxylic acids is 2. The van der Waals surface area contributed by atoms with Gasteiger partial charge in [-0.3, -0.25) is 14.6 Å². The zero-order valence-corrected chi connectivity index (χ0v) is 16.4. The van der Waals surface area contributed by atoms with Gasteiger partial charge in [0.15, 0.2) is 0 Å². The van der Waals surface area contributed by atoms with E-state index in [0.29, 0.717) is 17.0 Å². The monoisotopic (exact) mass is 406 g/mol. The molecule has 1 aromatic carbocycles. The second-order valence-corrected chi connectivity index (χ2v) is 7.53. The first-order valence-corrected chi connectivity index (χ1v) is 9.84. The highest BCUT2D eigenvalue weighted by molar-refractivity contribution is 7.09. The van der Waals surface area contributed by atoms with Gasteiger partial charge in [0, 0.05) is 16.6 Å². The molecule has 3 heterocycles. The number of Topliss-reactive ketones (excluding diaryl/α,β-unsaturated/α-hetero) is 1. The van der Waals surface area contributed by atoms with Crippen LogP contribution in [0.15, 0.2) is 71.7 Å². The lowest BCUT2D eigenvalue weighted by molar-refractivity contribution is -0.140. The number of likely N-dealkylation sites (tertiary alicyclic amines) is 1. The lowest BCUT2D eigenvalue weighted by Crippen LogP contribution is -2.29. The first kappa shape index (κ1) is 18.9. The molecule has 7 heteroatoms. The Morgan fingerprint density at radius 1 is 1.17 bits per heavy atom. The van der Waals surface area contributed by atoms with Crippen LogP contribution in [0, 0.1) is 0 Å². The van der Waals surface area contributed by atoms with Crippen molar-refractivity contribution in [1.29, 1.82) is 0 Å². The van der Waals surface area contributed by atoms with Crippen LogP contribution >= 0.6 is 11.3 Å². The molecular formula is C22H18N2O4S. The number of hydrogen-bond acceptors (Lipinski definition) is 6. The summed E-state index contributed by atoms with van der Waals surface area (Å²) in [4.78, 5) is 32.6. The Kier molecular flexibility index (Phi) is 5.14. The summed E-state index contributed by atoms with van der Waals surface area (Å²) in [7, 11) is 1.52. The number of thiophene rings is 1. The molecule has 4 rings (SSSR count). The summed E-state index contributed by atoms with van der Waals surface area (Å²) >= 11 is 1.50. The third kappa shape index (κ3) is 3.52. The van der Waals surface area contributed by atoms with Gasteiger partial charge in [0.1, 0.15) is 17.6 Å². The topological polar surface area (TPSA) is 79.7 Å². The van der Waals surface area contributed by atoms with E-state index in [9.17, 15) is 14.7 Å². The number of carbonyl (C=O) groups is 2. The van der Waals surface area contributed by atoms with Crippen molar-refractivity contribution in [2.24, 2.45) is 0 Å². The normalized spacial score (nSPS) is 18.2. The van der Waals surface area contributed by atoms with Crippen LogP contribution in [0.2, 0.25) is 0 Å². The molecule has 146 valence electrons. The third-order valence-corrected chi connectivity index (χ3v) is 5.62. The predicted molar refractivity (Wildman–Crippen MR) is 109 cm³/mol. The average Bonchev–Trinajstić information content (AvgIpc) is 3.36. The summed E-state index contributed by atoms with van der Waals surface area (Å²) in [5, 5.41) is 12.9. The van der Waals surface area contributed by atoms with Crippen LogP contribution in [0.1, 0.15) is 22.2 Å². The standard InChI is InChI=1S/C22H18N2O4S/c1-28-15-7-4-6-14(12-15)20(25)18-19(17-9-2-3-10-23-17)24(22(27)21(18)26)13-16-8-5-11-29-16/h2-12,19,25H,13H2,1H3/b20-18-. The van der Waals surface area contributed by atoms with Gasteiger partial charge in [-0.2, -0.15) is 0 Å². The van der Waals surface area contributed by atoms with Crippen molar-refractivity contribution in [2.75, 3.05) is 7.11 Å². The van der Waals surface area contributed by atoms with E-state index in [1.807, 2.05) is 17.5 Å². The molecule has 0 bridgehead atoms. The van der Waals surface area contributed by atoms with Gasteiger partial charge in [-0.15, -0.1) is 11.3 Å². The molecule has 1 amide bonds. The molecular weight excluding hydrogens is 388 g/mol. The molecule has 1 N–H and O–H groups in total. The lowest BCUT2D eigenvalue weighted by Gasteiger charge is -2.24. The lowest BCUT2D eigenvalue weighted by atomic mass is 9.98. The SMILES string of the molecule is COc1cccc(/C(O)=C2/C(=O)C(=O)N(Cc3cccs3)C2c2ccccn2)c1. The molecule has 1 atom stereocenters. The summed E-state index contributed by atoms with van der Waals surface area (Å²) in [6, 6.07) is 15.1. The van der Waals surface area contributed by atoms with Crippen LogP contribution in [-0.4, -0.2) is 33.8 Å². The van der Waals surface area contributed by atoms with Gasteiger partial charge in [0.2, 0.25) is 0 Å². The quantitative estimate of drug-likeness (QED) is 0.396. The molecule has 3 aromatic rings. The number of rotatable bonds is 5. The highest BCUT2D eigenvalue weighted by Gasteiger charge is 2.46. The van der Waals surface area contributed by atoms with Gasteiger partial charge < -0.3 is 14.7 Å². The van der Waals surface area contributed by atoms with Crippen LogP contribution in [0.25, 0.3) is 5.76 Å². The molecule has 1 aliphatic rings. The van der Waals surface area contributed by atoms with Crippen molar-refractivity contribution in [1.82, 2.24) is 9.88 Å². The number of aliphatic hydroxyl groups excluding tert-OH is 1. The zero-order valence-electron chi connectivity index (χ0n) is 15.6. The Hall–Kier alpha value is -3.45. The molecule has 0 aliphatic carbocycles. The number of benzene rings is 1. The Morgan fingerprint density at radius 2 is 2.03 bits per heavy atom. The van der Waals surface area contributed by atoms with Crippen LogP contribution in [0.4, 0.5) is 0 Å². The van der Waals surface area contributed by atoms with Crippen molar-refractivity contribution in [3.05, 3.63) is 87.9 Å². The van der Waals surface area contributed by atoms with Crippen molar-refractivity contribution in [2.45, 2.75) is 12.6 Å². The summed E-state index contributed by atoms with van der Waals surface area (Å²) in [6.45, 7) is 0.262. The van der Waals surface area contributed by atoms with Gasteiger partial charge in [-0.05, 0) is 35.7 Å². The maximum atomic E-state index is 12.9. The number of amides is 1. The highest BCUT2D eigenvalue weighted by Crippen LogP contribution is 2.40. The van der Waals surface area contributed by atoms with Crippen LogP contribution < -0.4 is 4.74 Å². The summed E-state index contributed by atoms with van der Waals surface area (Å²) in [5.41, 5.74) is 0.950. The summed E-state index contributed by atoms with van der Waals surface area (Å²) in [6.07, 6.45) is 1.60. The maximum absolute atomic E-state index is 12.9. The van der Waals surface area contributed by atoms with Gasteiger partial charge >= 0.3 is 0 Å². The van der Waals surface area contributed by atoms with Gasteiger partial charge in [0.05, 0.1) is 24.9 Å². The van der Waals surface area contributed by atoms with E-state index in [1.54, 1.807) is 48.7 Å². The van der Waals surface area contributed by atoms with Crippen LogP contribution in [-0.2, 0) is 16.1 Å². The molecule has 1 aliphatic heterocycles. The zero-order chi connectivity index (χ0) is 20.4. The van der Waals surface area contributed by atoms with Gasteiger partial charge in [-0.25, -0.2) is 0 Å². The highest BCUT2D eigenvalue weighted by atomic mass is 32.1. The summed E-state index contributed by atoms with van der Waals surface area (Å²) < 4.78 is 5.21. The van der Waals surface area contributed by atoms with Crippen LogP contribution in [0.5, 0.6) is 5.75 Å². The number of ether oxygens (including phenoxy) is 1. The number of nitrogens with zero attached hydrogens (tertiary/aromatic N) is 2. The Morgan fingerprint density at radius 3 is 2.72 bits per heavy atom. The van der Waals surface area contributed by atoms with Gasteiger partial charge in [0.25, 0.3) is 11.7 Å². The minimum absolute atomic E-state index is 0.0264. The molecule has 0 saturated carbocycles. The number of pyridine rings is 1. The fourth-order valence-corrected chi connectivity index (χ4v) is 4.09. The second-order valence-electron chi connectivity index (χ2n) is 6.49. The fraction of sp³-hybridized carbons (Fsp3) is 0.136. The number of methoxy groups -OCH3 is 1. The van der Waals surface area contributed by atoms with E-state index in [0.717, 1.165) is 4.88 Å².